The van der Waals surface area contributed by atoms with E-state index in [9.17, 15) is 9.59 Å². The number of rotatable bonds is 1. The van der Waals surface area contributed by atoms with Gasteiger partial charge in [-0.3, -0.25) is 9.59 Å². The second-order valence-electron chi connectivity index (χ2n) is 11.4. The average Bonchev–Trinajstić information content (AvgIpc) is 3.11. The fraction of sp³-hybridized carbons (Fsp3) is 0.917. The summed E-state index contributed by atoms with van der Waals surface area (Å²) in [7, 11) is 0. The Bertz CT molecular complexity index is 731. The first kappa shape index (κ1) is 20.0. The topological polar surface area (TPSA) is 61.8 Å². The molecule has 0 aromatic rings. The SMILES string of the molecule is CC(=O)OC1CC[C@@]2(C)C(C1)C1OC(C)(C)OC1C1C2CC[C@]2(C)C(=O)CCC12. The lowest BCUT2D eigenvalue weighted by Crippen LogP contribution is -2.63. The molecule has 162 valence electrons. The second-order valence-corrected chi connectivity index (χ2v) is 11.4. The second kappa shape index (κ2) is 6.29. The predicted molar refractivity (Wildman–Crippen MR) is 107 cm³/mol. The van der Waals surface area contributed by atoms with E-state index >= 15 is 0 Å². The molecule has 4 saturated carbocycles. The maximum atomic E-state index is 12.8. The lowest BCUT2D eigenvalue weighted by molar-refractivity contribution is -0.192. The van der Waals surface area contributed by atoms with E-state index in [1.165, 1.54) is 6.92 Å². The Balaban J connectivity index is 1.53. The number of esters is 1. The molecule has 0 spiro atoms. The van der Waals surface area contributed by atoms with Crippen LogP contribution in [0.4, 0.5) is 0 Å². The van der Waals surface area contributed by atoms with Gasteiger partial charge < -0.3 is 14.2 Å². The Kier molecular flexibility index (Phi) is 4.33. The Labute approximate surface area is 174 Å². The van der Waals surface area contributed by atoms with Crippen LogP contribution in [0.15, 0.2) is 0 Å². The van der Waals surface area contributed by atoms with E-state index in [4.69, 9.17) is 14.2 Å². The van der Waals surface area contributed by atoms with Gasteiger partial charge in [-0.05, 0) is 81.5 Å². The van der Waals surface area contributed by atoms with Crippen molar-refractivity contribution in [1.82, 2.24) is 0 Å². The average molecular weight is 405 g/mol. The maximum Gasteiger partial charge on any atom is 0.302 e. The van der Waals surface area contributed by atoms with Gasteiger partial charge in [0.1, 0.15) is 11.9 Å². The summed E-state index contributed by atoms with van der Waals surface area (Å²) < 4.78 is 18.8. The number of ketones is 1. The minimum Gasteiger partial charge on any atom is -0.463 e. The largest absolute Gasteiger partial charge is 0.463 e. The van der Waals surface area contributed by atoms with Crippen molar-refractivity contribution in [1.29, 1.82) is 0 Å². The van der Waals surface area contributed by atoms with Gasteiger partial charge in [-0.25, -0.2) is 0 Å². The fourth-order valence-corrected chi connectivity index (χ4v) is 8.26. The number of hydrogen-bond donors (Lipinski definition) is 0. The summed E-state index contributed by atoms with van der Waals surface area (Å²) in [5.41, 5.74) is -0.0286. The maximum absolute atomic E-state index is 12.8. The van der Waals surface area contributed by atoms with E-state index in [0.717, 1.165) is 44.9 Å². The van der Waals surface area contributed by atoms with E-state index in [2.05, 4.69) is 13.8 Å². The highest BCUT2D eigenvalue weighted by molar-refractivity contribution is 5.87. The van der Waals surface area contributed by atoms with Crippen molar-refractivity contribution in [3.05, 3.63) is 0 Å². The van der Waals surface area contributed by atoms with E-state index in [0.29, 0.717) is 29.5 Å². The van der Waals surface area contributed by atoms with Crippen molar-refractivity contribution in [3.63, 3.8) is 0 Å². The van der Waals surface area contributed by atoms with Crippen LogP contribution in [0.1, 0.15) is 79.6 Å². The van der Waals surface area contributed by atoms with Crippen molar-refractivity contribution >= 4 is 11.8 Å². The number of ether oxygens (including phenoxy) is 3. The molecule has 5 fully saturated rings. The van der Waals surface area contributed by atoms with Crippen LogP contribution >= 0.6 is 0 Å². The molecule has 0 bridgehead atoms. The highest BCUT2D eigenvalue weighted by Gasteiger charge is 2.68. The summed E-state index contributed by atoms with van der Waals surface area (Å²) in [4.78, 5) is 24.4. The van der Waals surface area contributed by atoms with Crippen molar-refractivity contribution < 1.29 is 23.8 Å². The smallest absolute Gasteiger partial charge is 0.302 e. The molecule has 5 nitrogen and oxygen atoms in total. The molecule has 1 aliphatic heterocycles. The summed E-state index contributed by atoms with van der Waals surface area (Å²) in [6.07, 6.45) is 6.72. The van der Waals surface area contributed by atoms with E-state index in [-0.39, 0.29) is 35.1 Å². The fourth-order valence-electron chi connectivity index (χ4n) is 8.26. The predicted octanol–water partition coefficient (Wildman–Crippen LogP) is 4.27. The van der Waals surface area contributed by atoms with Gasteiger partial charge in [0, 0.05) is 18.8 Å². The van der Waals surface area contributed by atoms with Gasteiger partial charge in [0.25, 0.3) is 0 Å². The highest BCUT2D eigenvalue weighted by Crippen LogP contribution is 2.67. The molecule has 4 aliphatic carbocycles. The first-order valence-corrected chi connectivity index (χ1v) is 11.6. The van der Waals surface area contributed by atoms with Gasteiger partial charge in [0.15, 0.2) is 5.79 Å². The Morgan fingerprint density at radius 3 is 2.41 bits per heavy atom. The monoisotopic (exact) mass is 404 g/mol. The number of carbonyl (C=O) groups excluding carboxylic acids is 2. The van der Waals surface area contributed by atoms with Gasteiger partial charge >= 0.3 is 5.97 Å². The summed E-state index contributed by atoms with van der Waals surface area (Å²) in [6.45, 7) is 10.2. The molecule has 5 rings (SSSR count). The number of carbonyl (C=O) groups is 2. The zero-order valence-electron chi connectivity index (χ0n) is 18.5. The number of hydrogen-bond acceptors (Lipinski definition) is 5. The van der Waals surface area contributed by atoms with Crippen LogP contribution in [0.5, 0.6) is 0 Å². The minimum atomic E-state index is -0.601. The molecule has 5 heteroatoms. The summed E-state index contributed by atoms with van der Waals surface area (Å²) in [5.74, 6) is 1.34. The molecular formula is C24H36O5. The molecular weight excluding hydrogens is 368 g/mol. The molecule has 7 unspecified atom stereocenters. The molecule has 0 aromatic heterocycles. The van der Waals surface area contributed by atoms with Gasteiger partial charge in [0.2, 0.25) is 0 Å². The Hall–Kier alpha value is -0.940. The van der Waals surface area contributed by atoms with Gasteiger partial charge in [-0.15, -0.1) is 0 Å². The molecule has 1 heterocycles. The summed E-state index contributed by atoms with van der Waals surface area (Å²) in [6, 6.07) is 0. The van der Waals surface area contributed by atoms with Crippen LogP contribution in [0.2, 0.25) is 0 Å². The van der Waals surface area contributed by atoms with Crippen molar-refractivity contribution in [3.8, 4) is 0 Å². The van der Waals surface area contributed by atoms with Gasteiger partial charge in [-0.2, -0.15) is 0 Å². The number of Topliss-reactive ketones (excluding diaryl/α,β-unsaturated/α-hetero) is 1. The Morgan fingerprint density at radius 2 is 1.69 bits per heavy atom. The van der Waals surface area contributed by atoms with Crippen LogP contribution in [-0.4, -0.2) is 35.9 Å². The third kappa shape index (κ3) is 2.79. The van der Waals surface area contributed by atoms with Gasteiger partial charge in [-0.1, -0.05) is 13.8 Å². The normalized spacial score (nSPS) is 52.9. The molecule has 0 radical (unpaired) electrons. The Morgan fingerprint density at radius 1 is 0.966 bits per heavy atom. The van der Waals surface area contributed by atoms with Crippen LogP contribution in [0, 0.1) is 34.5 Å². The lowest BCUT2D eigenvalue weighted by Gasteiger charge is -2.62. The molecule has 29 heavy (non-hydrogen) atoms. The van der Waals surface area contributed by atoms with Crippen molar-refractivity contribution in [2.75, 3.05) is 0 Å². The van der Waals surface area contributed by atoms with E-state index in [1.54, 1.807) is 0 Å². The molecule has 0 amide bonds. The van der Waals surface area contributed by atoms with Crippen LogP contribution in [0.25, 0.3) is 0 Å². The zero-order valence-corrected chi connectivity index (χ0v) is 18.5. The lowest BCUT2D eigenvalue weighted by atomic mass is 9.44. The standard InChI is InChI=1S/C24H36O5/c1-13(25)27-14-8-10-23(4)16-9-11-24(5)15(6-7-18(24)26)19(16)21-20(17(23)12-14)28-22(2,3)29-21/h14-17,19-21H,6-12H2,1-5H3/t14?,15?,16?,17?,19?,20?,21?,23-,24+/m1/s1. The third-order valence-electron chi connectivity index (χ3n) is 9.53. The van der Waals surface area contributed by atoms with E-state index < -0.39 is 5.79 Å². The number of fused-ring (bicyclic) bond motifs is 8. The molecule has 1 saturated heterocycles. The molecule has 5 aliphatic rings. The molecule has 9 atom stereocenters. The highest BCUT2D eigenvalue weighted by atomic mass is 16.8. The van der Waals surface area contributed by atoms with Crippen LogP contribution in [-0.2, 0) is 23.8 Å². The van der Waals surface area contributed by atoms with Crippen molar-refractivity contribution in [2.24, 2.45) is 34.5 Å². The summed E-state index contributed by atoms with van der Waals surface area (Å²) >= 11 is 0. The van der Waals surface area contributed by atoms with Crippen LogP contribution < -0.4 is 0 Å². The quantitative estimate of drug-likeness (QED) is 0.611. The van der Waals surface area contributed by atoms with Gasteiger partial charge in [0.05, 0.1) is 12.2 Å². The summed E-state index contributed by atoms with van der Waals surface area (Å²) in [5, 5.41) is 0. The van der Waals surface area contributed by atoms with Crippen LogP contribution in [0.3, 0.4) is 0 Å². The minimum absolute atomic E-state index is 0.0167. The zero-order chi connectivity index (χ0) is 20.8. The molecule has 0 aromatic carbocycles. The molecule has 0 N–H and O–H groups in total. The van der Waals surface area contributed by atoms with Crippen molar-refractivity contribution in [2.45, 2.75) is 104 Å². The first-order valence-electron chi connectivity index (χ1n) is 11.6. The van der Waals surface area contributed by atoms with E-state index in [1.807, 2.05) is 13.8 Å². The first-order chi connectivity index (χ1) is 13.6. The third-order valence-corrected chi connectivity index (χ3v) is 9.53.